The molecule has 24 heavy (non-hydrogen) atoms. The molecule has 0 aromatic heterocycles. The smallest absolute Gasteiger partial charge is 0.160 e. The molecule has 2 aromatic carbocycles. The van der Waals surface area contributed by atoms with E-state index in [-0.39, 0.29) is 0 Å². The molecule has 4 nitrogen and oxygen atoms in total. The minimum Gasteiger partial charge on any atom is -0.491 e. The minimum absolute atomic E-state index is 0.357. The molecule has 2 rings (SSSR count). The van der Waals surface area contributed by atoms with Crippen molar-refractivity contribution in [2.24, 2.45) is 5.10 Å². The molecule has 0 aliphatic heterocycles. The van der Waals surface area contributed by atoms with Crippen molar-refractivity contribution in [1.29, 1.82) is 0 Å². The highest BCUT2D eigenvalue weighted by atomic mass is 35.5. The zero-order valence-corrected chi connectivity index (χ0v) is 15.2. The van der Waals surface area contributed by atoms with E-state index < -0.39 is 0 Å². The van der Waals surface area contributed by atoms with Gasteiger partial charge in [-0.05, 0) is 25.5 Å². The standard InChI is InChI=1S/C18H20Cl2N2O2/c1-3-23-17-14(10-15(19)18(16(17)20)24-4-2)12-22-21-11-13-8-6-5-7-9-13/h5-10,12,21H,3-4,11H2,1-2H3. The van der Waals surface area contributed by atoms with Crippen molar-refractivity contribution in [3.63, 3.8) is 0 Å². The van der Waals surface area contributed by atoms with E-state index in [0.717, 1.165) is 5.56 Å². The lowest BCUT2D eigenvalue weighted by Gasteiger charge is -2.15. The fourth-order valence-electron chi connectivity index (χ4n) is 2.11. The van der Waals surface area contributed by atoms with Crippen LogP contribution < -0.4 is 14.9 Å². The summed E-state index contributed by atoms with van der Waals surface area (Å²) in [6, 6.07) is 11.7. The number of rotatable bonds is 8. The van der Waals surface area contributed by atoms with E-state index in [0.29, 0.717) is 46.9 Å². The summed E-state index contributed by atoms with van der Waals surface area (Å²) in [7, 11) is 0. The number of benzene rings is 2. The highest BCUT2D eigenvalue weighted by molar-refractivity contribution is 6.38. The Kier molecular flexibility index (Phi) is 7.22. The van der Waals surface area contributed by atoms with Gasteiger partial charge in [-0.2, -0.15) is 5.10 Å². The normalized spacial score (nSPS) is 10.8. The molecule has 0 saturated carbocycles. The average Bonchev–Trinajstić information content (AvgIpc) is 2.59. The highest BCUT2D eigenvalue weighted by Gasteiger charge is 2.17. The van der Waals surface area contributed by atoms with Gasteiger partial charge in [0.05, 0.1) is 31.0 Å². The van der Waals surface area contributed by atoms with Crippen molar-refractivity contribution >= 4 is 29.4 Å². The summed E-state index contributed by atoms with van der Waals surface area (Å²) < 4.78 is 11.1. The number of nitrogens with zero attached hydrogens (tertiary/aromatic N) is 1. The first kappa shape index (κ1) is 18.4. The summed E-state index contributed by atoms with van der Waals surface area (Å²) >= 11 is 12.6. The zero-order valence-electron chi connectivity index (χ0n) is 13.7. The maximum atomic E-state index is 6.37. The van der Waals surface area contributed by atoms with Crippen LogP contribution in [0.25, 0.3) is 0 Å². The molecule has 0 fully saturated rings. The van der Waals surface area contributed by atoms with Gasteiger partial charge in [-0.3, -0.25) is 0 Å². The summed E-state index contributed by atoms with van der Waals surface area (Å²) in [6.45, 7) is 5.33. The van der Waals surface area contributed by atoms with Crippen molar-refractivity contribution in [2.45, 2.75) is 20.4 Å². The van der Waals surface area contributed by atoms with Crippen LogP contribution in [0.4, 0.5) is 0 Å². The Morgan fingerprint density at radius 3 is 2.38 bits per heavy atom. The molecule has 0 heterocycles. The van der Waals surface area contributed by atoms with E-state index in [9.17, 15) is 0 Å². The topological polar surface area (TPSA) is 42.8 Å². The third-order valence-corrected chi connectivity index (χ3v) is 3.78. The Morgan fingerprint density at radius 2 is 1.71 bits per heavy atom. The lowest BCUT2D eigenvalue weighted by Crippen LogP contribution is -2.06. The SMILES string of the molecule is CCOc1c(Cl)cc(C=NNCc2ccccc2)c(OCC)c1Cl. The number of halogens is 2. The van der Waals surface area contributed by atoms with Gasteiger partial charge >= 0.3 is 0 Å². The third kappa shape index (κ3) is 4.79. The van der Waals surface area contributed by atoms with Gasteiger partial charge in [0.2, 0.25) is 0 Å². The Bertz CT molecular complexity index is 691. The van der Waals surface area contributed by atoms with Crippen LogP contribution in [0.5, 0.6) is 11.5 Å². The molecular weight excluding hydrogens is 347 g/mol. The summed E-state index contributed by atoms with van der Waals surface area (Å²) in [5.41, 5.74) is 4.83. The zero-order chi connectivity index (χ0) is 17.4. The van der Waals surface area contributed by atoms with Crippen LogP contribution in [0.15, 0.2) is 41.5 Å². The Hall–Kier alpha value is -1.91. The van der Waals surface area contributed by atoms with Gasteiger partial charge < -0.3 is 14.9 Å². The van der Waals surface area contributed by atoms with Crippen LogP contribution in [-0.4, -0.2) is 19.4 Å². The first-order valence-electron chi connectivity index (χ1n) is 7.74. The van der Waals surface area contributed by atoms with Crippen LogP contribution in [0.1, 0.15) is 25.0 Å². The van der Waals surface area contributed by atoms with Crippen molar-refractivity contribution in [3.05, 3.63) is 57.6 Å². The number of hydrazone groups is 1. The van der Waals surface area contributed by atoms with Gasteiger partial charge in [-0.15, -0.1) is 0 Å². The molecule has 0 atom stereocenters. The first-order chi connectivity index (χ1) is 11.7. The Balaban J connectivity index is 2.17. The molecular formula is C18H20Cl2N2O2. The molecule has 6 heteroatoms. The van der Waals surface area contributed by atoms with E-state index in [1.165, 1.54) is 0 Å². The monoisotopic (exact) mass is 366 g/mol. The fraction of sp³-hybridized carbons (Fsp3) is 0.278. The van der Waals surface area contributed by atoms with E-state index in [4.69, 9.17) is 32.7 Å². The molecule has 0 radical (unpaired) electrons. The largest absolute Gasteiger partial charge is 0.491 e. The quantitative estimate of drug-likeness (QED) is 0.532. The van der Waals surface area contributed by atoms with Crippen LogP contribution in [0, 0.1) is 0 Å². The van der Waals surface area contributed by atoms with Gasteiger partial charge in [0, 0.05) is 5.56 Å². The molecule has 0 saturated heterocycles. The molecule has 0 spiro atoms. The van der Waals surface area contributed by atoms with Crippen LogP contribution in [-0.2, 0) is 6.54 Å². The lowest BCUT2D eigenvalue weighted by molar-refractivity contribution is 0.323. The second-order valence-electron chi connectivity index (χ2n) is 4.86. The maximum absolute atomic E-state index is 6.37. The molecule has 0 amide bonds. The predicted octanol–water partition coefficient (Wildman–Crippen LogP) is 4.91. The van der Waals surface area contributed by atoms with Crippen molar-refractivity contribution < 1.29 is 9.47 Å². The van der Waals surface area contributed by atoms with Crippen LogP contribution in [0.2, 0.25) is 10.0 Å². The van der Waals surface area contributed by atoms with Gasteiger partial charge in [0.1, 0.15) is 5.02 Å². The summed E-state index contributed by atoms with van der Waals surface area (Å²) in [4.78, 5) is 0. The molecule has 1 N–H and O–H groups in total. The van der Waals surface area contributed by atoms with Gasteiger partial charge in [0.25, 0.3) is 0 Å². The number of hydrogen-bond acceptors (Lipinski definition) is 4. The van der Waals surface area contributed by atoms with Gasteiger partial charge in [-0.1, -0.05) is 53.5 Å². The Morgan fingerprint density at radius 1 is 1.04 bits per heavy atom. The van der Waals surface area contributed by atoms with E-state index in [1.807, 2.05) is 44.2 Å². The van der Waals surface area contributed by atoms with Crippen molar-refractivity contribution in [1.82, 2.24) is 5.43 Å². The average molecular weight is 367 g/mol. The number of nitrogens with one attached hydrogen (secondary N) is 1. The third-order valence-electron chi connectivity index (χ3n) is 3.16. The minimum atomic E-state index is 0.357. The molecule has 0 aliphatic carbocycles. The van der Waals surface area contributed by atoms with E-state index >= 15 is 0 Å². The van der Waals surface area contributed by atoms with Gasteiger partial charge in [-0.25, -0.2) is 0 Å². The molecule has 2 aromatic rings. The second kappa shape index (κ2) is 9.40. The molecule has 0 unspecified atom stereocenters. The van der Waals surface area contributed by atoms with Crippen molar-refractivity contribution in [3.8, 4) is 11.5 Å². The van der Waals surface area contributed by atoms with Crippen LogP contribution in [0.3, 0.4) is 0 Å². The Labute approximate surface area is 152 Å². The summed E-state index contributed by atoms with van der Waals surface area (Å²) in [5, 5.41) is 5.01. The van der Waals surface area contributed by atoms with Crippen LogP contribution >= 0.6 is 23.2 Å². The van der Waals surface area contributed by atoms with E-state index in [1.54, 1.807) is 12.3 Å². The second-order valence-corrected chi connectivity index (χ2v) is 5.65. The van der Waals surface area contributed by atoms with E-state index in [2.05, 4.69) is 10.5 Å². The predicted molar refractivity (Wildman–Crippen MR) is 99.7 cm³/mol. The maximum Gasteiger partial charge on any atom is 0.160 e. The van der Waals surface area contributed by atoms with Crippen molar-refractivity contribution in [2.75, 3.05) is 13.2 Å². The first-order valence-corrected chi connectivity index (χ1v) is 8.50. The van der Waals surface area contributed by atoms with Gasteiger partial charge in [0.15, 0.2) is 11.5 Å². The highest BCUT2D eigenvalue weighted by Crippen LogP contribution is 2.42. The summed E-state index contributed by atoms with van der Waals surface area (Å²) in [5.74, 6) is 0.941. The number of ether oxygens (including phenoxy) is 2. The molecule has 0 bridgehead atoms. The summed E-state index contributed by atoms with van der Waals surface area (Å²) in [6.07, 6.45) is 1.64. The molecule has 128 valence electrons. The number of hydrogen-bond donors (Lipinski definition) is 1. The lowest BCUT2D eigenvalue weighted by atomic mass is 10.2. The molecule has 0 aliphatic rings. The fourth-order valence-corrected chi connectivity index (χ4v) is 2.75.